The van der Waals surface area contributed by atoms with E-state index in [1.165, 1.54) is 11.3 Å². The fourth-order valence-corrected chi connectivity index (χ4v) is 6.23. The summed E-state index contributed by atoms with van der Waals surface area (Å²) in [5.41, 5.74) is 2.89. The molecular weight excluding hydrogens is 534 g/mol. The molecule has 1 amide bonds. The van der Waals surface area contributed by atoms with Gasteiger partial charge in [-0.2, -0.15) is 0 Å². The van der Waals surface area contributed by atoms with Crippen LogP contribution in [0, 0.1) is 0 Å². The third kappa shape index (κ3) is 4.83. The molecule has 1 N–H and O–H groups in total. The molecule has 0 saturated heterocycles. The highest BCUT2D eigenvalue weighted by Crippen LogP contribution is 2.37. The predicted molar refractivity (Wildman–Crippen MR) is 162 cm³/mol. The number of benzene rings is 4. The van der Waals surface area contributed by atoms with Gasteiger partial charge in [-0.25, -0.2) is 4.99 Å². The largest absolute Gasteiger partial charge is 0.497 e. The summed E-state index contributed by atoms with van der Waals surface area (Å²) in [7, 11) is 3.14. The third-order valence-electron chi connectivity index (χ3n) is 7.14. The first-order valence-corrected chi connectivity index (χ1v) is 13.9. The molecule has 5 aromatic rings. The Morgan fingerprint density at radius 3 is 2.49 bits per heavy atom. The quantitative estimate of drug-likeness (QED) is 0.315. The van der Waals surface area contributed by atoms with Crippen molar-refractivity contribution in [2.75, 3.05) is 19.5 Å². The number of carbonyl (C=O) groups excluding carboxylic acids is 1. The first-order valence-electron chi connectivity index (χ1n) is 13.1. The van der Waals surface area contributed by atoms with Crippen LogP contribution in [0.25, 0.3) is 16.8 Å². The van der Waals surface area contributed by atoms with Gasteiger partial charge in [-0.3, -0.25) is 14.2 Å². The standard InChI is InChI=1S/C33H27N3O4S/c1-20-29(31(37)35-23-13-5-4-6-14-23)30(26-17-16-24(39-2)19-27(26)40-3)36-32(38)28(41-33(36)34-20)18-22-12-9-11-21-10-7-8-15-25(21)22/h4-19,30H,1-3H3,(H,35,37)/b28-18-/t30-/m0/s1. The maximum Gasteiger partial charge on any atom is 0.271 e. The molecule has 0 bridgehead atoms. The van der Waals surface area contributed by atoms with Crippen molar-refractivity contribution in [2.45, 2.75) is 13.0 Å². The average Bonchev–Trinajstić information content (AvgIpc) is 3.30. The predicted octanol–water partition coefficient (Wildman–Crippen LogP) is 5.04. The van der Waals surface area contributed by atoms with Crippen LogP contribution in [0.4, 0.5) is 5.69 Å². The summed E-state index contributed by atoms with van der Waals surface area (Å²) in [5, 5.41) is 5.11. The minimum atomic E-state index is -0.773. The number of aromatic nitrogens is 1. The first-order chi connectivity index (χ1) is 20.0. The Bertz CT molecular complexity index is 2000. The number of nitrogens with one attached hydrogen (secondary N) is 1. The Hall–Kier alpha value is -4.95. The van der Waals surface area contributed by atoms with Gasteiger partial charge in [0.25, 0.3) is 11.5 Å². The molecule has 1 aliphatic heterocycles. The lowest BCUT2D eigenvalue weighted by molar-refractivity contribution is -0.113. The molecule has 41 heavy (non-hydrogen) atoms. The van der Waals surface area contributed by atoms with E-state index < -0.39 is 6.04 Å². The molecule has 8 heteroatoms. The molecule has 1 atom stereocenters. The summed E-state index contributed by atoms with van der Waals surface area (Å²) in [4.78, 5) is 33.3. The van der Waals surface area contributed by atoms with Gasteiger partial charge in [-0.15, -0.1) is 0 Å². The number of rotatable bonds is 6. The van der Waals surface area contributed by atoms with Gasteiger partial charge >= 0.3 is 0 Å². The summed E-state index contributed by atoms with van der Waals surface area (Å²) in [6, 6.07) is 27.9. The molecule has 0 saturated carbocycles. The highest BCUT2D eigenvalue weighted by atomic mass is 32.1. The number of fused-ring (bicyclic) bond motifs is 2. The number of hydrogen-bond acceptors (Lipinski definition) is 6. The van der Waals surface area contributed by atoms with E-state index >= 15 is 0 Å². The van der Waals surface area contributed by atoms with Gasteiger partial charge in [0.15, 0.2) is 4.80 Å². The number of thiazole rings is 1. The zero-order valence-corrected chi connectivity index (χ0v) is 23.6. The van der Waals surface area contributed by atoms with Crippen molar-refractivity contribution in [1.29, 1.82) is 0 Å². The molecule has 1 aromatic heterocycles. The lowest BCUT2D eigenvalue weighted by Crippen LogP contribution is -2.40. The molecule has 204 valence electrons. The van der Waals surface area contributed by atoms with E-state index in [0.29, 0.717) is 43.4 Å². The van der Waals surface area contributed by atoms with E-state index in [1.54, 1.807) is 37.8 Å². The number of anilines is 1. The topological polar surface area (TPSA) is 81.9 Å². The van der Waals surface area contributed by atoms with Crippen LogP contribution in [0.15, 0.2) is 112 Å². The second kappa shape index (κ2) is 10.9. The Kier molecular flexibility index (Phi) is 6.99. The van der Waals surface area contributed by atoms with Crippen LogP contribution >= 0.6 is 11.3 Å². The van der Waals surface area contributed by atoms with Crippen molar-refractivity contribution in [2.24, 2.45) is 4.99 Å². The zero-order valence-electron chi connectivity index (χ0n) is 22.8. The lowest BCUT2D eigenvalue weighted by atomic mass is 9.94. The summed E-state index contributed by atoms with van der Waals surface area (Å²) in [5.74, 6) is 0.756. The van der Waals surface area contributed by atoms with Gasteiger partial charge in [0.05, 0.1) is 30.0 Å². The number of carbonyl (C=O) groups is 1. The van der Waals surface area contributed by atoms with Crippen molar-refractivity contribution in [3.8, 4) is 11.5 Å². The Morgan fingerprint density at radius 1 is 0.951 bits per heavy atom. The average molecular weight is 562 g/mol. The van der Waals surface area contributed by atoms with Crippen LogP contribution in [0.5, 0.6) is 11.5 Å². The van der Waals surface area contributed by atoms with Crippen molar-refractivity contribution < 1.29 is 14.3 Å². The van der Waals surface area contributed by atoms with Gasteiger partial charge in [-0.05, 0) is 53.6 Å². The van der Waals surface area contributed by atoms with Crippen LogP contribution in [0.1, 0.15) is 24.1 Å². The summed E-state index contributed by atoms with van der Waals surface area (Å²) in [6.07, 6.45) is 1.90. The van der Waals surface area contributed by atoms with Gasteiger partial charge in [0.2, 0.25) is 0 Å². The third-order valence-corrected chi connectivity index (χ3v) is 8.13. The molecule has 6 rings (SSSR count). The Balaban J connectivity index is 1.57. The van der Waals surface area contributed by atoms with Crippen molar-refractivity contribution >= 4 is 39.8 Å². The summed E-state index contributed by atoms with van der Waals surface area (Å²) in [6.45, 7) is 1.80. The van der Waals surface area contributed by atoms with E-state index in [0.717, 1.165) is 16.3 Å². The number of nitrogens with zero attached hydrogens (tertiary/aromatic N) is 2. The molecule has 4 aromatic carbocycles. The molecule has 2 heterocycles. The monoisotopic (exact) mass is 561 g/mol. The maximum absolute atomic E-state index is 14.2. The minimum Gasteiger partial charge on any atom is -0.497 e. The smallest absolute Gasteiger partial charge is 0.271 e. The zero-order chi connectivity index (χ0) is 28.5. The highest BCUT2D eigenvalue weighted by molar-refractivity contribution is 7.07. The van der Waals surface area contributed by atoms with E-state index in [2.05, 4.69) is 5.32 Å². The van der Waals surface area contributed by atoms with E-state index in [-0.39, 0.29) is 11.5 Å². The number of allylic oxidation sites excluding steroid dienone is 1. The van der Waals surface area contributed by atoms with Gasteiger partial charge < -0.3 is 14.8 Å². The number of para-hydroxylation sites is 1. The fourth-order valence-electron chi connectivity index (χ4n) is 5.19. The number of amides is 1. The SMILES string of the molecule is COc1ccc([C@H]2C(C(=O)Nc3ccccc3)=C(C)N=c3s/c(=C\c4cccc5ccccc45)c(=O)n32)c(OC)c1. The van der Waals surface area contributed by atoms with E-state index in [1.807, 2.05) is 84.9 Å². The maximum atomic E-state index is 14.2. The summed E-state index contributed by atoms with van der Waals surface area (Å²) >= 11 is 1.30. The van der Waals surface area contributed by atoms with Crippen LogP contribution in [-0.2, 0) is 4.79 Å². The second-order valence-corrected chi connectivity index (χ2v) is 10.6. The van der Waals surface area contributed by atoms with Crippen molar-refractivity contribution in [1.82, 2.24) is 4.57 Å². The van der Waals surface area contributed by atoms with E-state index in [9.17, 15) is 9.59 Å². The lowest BCUT2D eigenvalue weighted by Gasteiger charge is -2.26. The van der Waals surface area contributed by atoms with Crippen LogP contribution in [0.2, 0.25) is 0 Å². The molecule has 0 fully saturated rings. The Morgan fingerprint density at radius 2 is 1.71 bits per heavy atom. The molecule has 7 nitrogen and oxygen atoms in total. The second-order valence-electron chi connectivity index (χ2n) is 9.58. The normalized spacial score (nSPS) is 14.9. The fraction of sp³-hybridized carbons (Fsp3) is 0.121. The molecule has 0 radical (unpaired) electrons. The van der Waals surface area contributed by atoms with Crippen LogP contribution in [0.3, 0.4) is 0 Å². The van der Waals surface area contributed by atoms with Crippen LogP contribution in [-0.4, -0.2) is 24.7 Å². The molecular formula is C33H27N3O4S. The van der Waals surface area contributed by atoms with Crippen molar-refractivity contribution in [3.63, 3.8) is 0 Å². The van der Waals surface area contributed by atoms with Gasteiger partial charge in [0.1, 0.15) is 17.5 Å². The van der Waals surface area contributed by atoms with Gasteiger partial charge in [-0.1, -0.05) is 72.0 Å². The van der Waals surface area contributed by atoms with Gasteiger partial charge in [0, 0.05) is 17.3 Å². The number of ether oxygens (including phenoxy) is 2. The molecule has 0 unspecified atom stereocenters. The molecule has 0 aliphatic carbocycles. The first kappa shape index (κ1) is 26.3. The van der Waals surface area contributed by atoms with E-state index in [4.69, 9.17) is 14.5 Å². The highest BCUT2D eigenvalue weighted by Gasteiger charge is 2.34. The van der Waals surface area contributed by atoms with Crippen LogP contribution < -0.4 is 29.7 Å². The number of hydrogen-bond donors (Lipinski definition) is 1. The van der Waals surface area contributed by atoms with Crippen molar-refractivity contribution in [3.05, 3.63) is 133 Å². The Labute approximate surface area is 240 Å². The number of methoxy groups -OCH3 is 2. The summed E-state index contributed by atoms with van der Waals surface area (Å²) < 4.78 is 13.3. The molecule has 1 aliphatic rings. The minimum absolute atomic E-state index is 0.234. The molecule has 0 spiro atoms.